The van der Waals surface area contributed by atoms with Crippen LogP contribution in [0.25, 0.3) is 0 Å². The van der Waals surface area contributed by atoms with E-state index in [2.05, 4.69) is 10.0 Å². The maximum absolute atomic E-state index is 13.4. The third kappa shape index (κ3) is 4.36. The van der Waals surface area contributed by atoms with Crippen LogP contribution in [0.15, 0.2) is 71.6 Å². The summed E-state index contributed by atoms with van der Waals surface area (Å²) in [5.74, 6) is 0.0487. The Hall–Kier alpha value is -3.59. The molecule has 9 heteroatoms. The highest BCUT2D eigenvalue weighted by atomic mass is 32.2. The van der Waals surface area contributed by atoms with Crippen molar-refractivity contribution in [2.45, 2.75) is 4.90 Å². The number of halogens is 1. The number of carbonyl (C=O) groups is 1. The van der Waals surface area contributed by atoms with Crippen molar-refractivity contribution in [1.82, 2.24) is 0 Å². The predicted molar refractivity (Wildman–Crippen MR) is 109 cm³/mol. The first-order chi connectivity index (χ1) is 14.4. The summed E-state index contributed by atoms with van der Waals surface area (Å²) in [7, 11) is -4.00. The fourth-order valence-electron chi connectivity index (χ4n) is 2.90. The van der Waals surface area contributed by atoms with Crippen LogP contribution in [0.1, 0.15) is 10.4 Å². The number of anilines is 2. The maximum Gasteiger partial charge on any atom is 0.261 e. The number of fused-ring (bicyclic) bond motifs is 1. The smallest absolute Gasteiger partial charge is 0.261 e. The molecule has 30 heavy (non-hydrogen) atoms. The number of hydrogen-bond acceptors (Lipinski definition) is 5. The average Bonchev–Trinajstić information content (AvgIpc) is 2.73. The molecule has 0 radical (unpaired) electrons. The van der Waals surface area contributed by atoms with Crippen LogP contribution < -0.4 is 19.5 Å². The van der Waals surface area contributed by atoms with Crippen molar-refractivity contribution in [3.63, 3.8) is 0 Å². The molecule has 7 nitrogen and oxygen atoms in total. The van der Waals surface area contributed by atoms with Crippen molar-refractivity contribution in [2.75, 3.05) is 23.3 Å². The van der Waals surface area contributed by atoms with E-state index >= 15 is 0 Å². The number of hydrogen-bond donors (Lipinski definition) is 2. The number of sulfonamides is 1. The van der Waals surface area contributed by atoms with Gasteiger partial charge in [0.25, 0.3) is 15.9 Å². The van der Waals surface area contributed by atoms with Crippen LogP contribution in [0.5, 0.6) is 11.5 Å². The summed E-state index contributed by atoms with van der Waals surface area (Å²) in [6.07, 6.45) is 0. The van der Waals surface area contributed by atoms with Crippen molar-refractivity contribution >= 4 is 27.3 Å². The van der Waals surface area contributed by atoms with Gasteiger partial charge < -0.3 is 14.8 Å². The molecule has 0 aliphatic carbocycles. The molecule has 2 N–H and O–H groups in total. The predicted octanol–water partition coefficient (Wildman–Crippen LogP) is 3.65. The van der Waals surface area contributed by atoms with Gasteiger partial charge >= 0.3 is 0 Å². The quantitative estimate of drug-likeness (QED) is 0.647. The van der Waals surface area contributed by atoms with Crippen LogP contribution in [0, 0.1) is 5.82 Å². The molecule has 3 aromatic carbocycles. The lowest BCUT2D eigenvalue weighted by atomic mass is 10.2. The van der Waals surface area contributed by atoms with E-state index in [-0.39, 0.29) is 16.1 Å². The summed E-state index contributed by atoms with van der Waals surface area (Å²) >= 11 is 0. The molecule has 1 aliphatic heterocycles. The SMILES string of the molecule is O=C(Nc1ccc2c(c1)OCCO2)c1cccc(NS(=O)(=O)c2cccc(F)c2)c1. The molecule has 0 saturated carbocycles. The van der Waals surface area contributed by atoms with Crippen LogP contribution in [-0.4, -0.2) is 27.5 Å². The molecule has 3 aromatic rings. The highest BCUT2D eigenvalue weighted by Crippen LogP contribution is 2.32. The average molecular weight is 428 g/mol. The Morgan fingerprint density at radius 3 is 2.43 bits per heavy atom. The molecule has 1 aliphatic rings. The number of carbonyl (C=O) groups excluding carboxylic acids is 1. The lowest BCUT2D eigenvalue weighted by Crippen LogP contribution is -2.17. The summed E-state index contributed by atoms with van der Waals surface area (Å²) in [5.41, 5.74) is 0.924. The van der Waals surface area contributed by atoms with Gasteiger partial charge in [-0.1, -0.05) is 12.1 Å². The van der Waals surface area contributed by atoms with Crippen LogP contribution in [0.2, 0.25) is 0 Å². The van der Waals surface area contributed by atoms with E-state index in [0.29, 0.717) is 30.4 Å². The molecule has 154 valence electrons. The van der Waals surface area contributed by atoms with Crippen molar-refractivity contribution in [3.05, 3.63) is 78.1 Å². The monoisotopic (exact) mass is 428 g/mol. The van der Waals surface area contributed by atoms with E-state index in [9.17, 15) is 17.6 Å². The second-order valence-electron chi connectivity index (χ2n) is 6.46. The lowest BCUT2D eigenvalue weighted by molar-refractivity contribution is 0.102. The van der Waals surface area contributed by atoms with Gasteiger partial charge in [0.1, 0.15) is 19.0 Å². The molecule has 0 spiro atoms. The molecule has 4 rings (SSSR count). The Morgan fingerprint density at radius 2 is 1.63 bits per heavy atom. The number of ether oxygens (including phenoxy) is 2. The van der Waals surface area contributed by atoms with Gasteiger partial charge in [0.15, 0.2) is 11.5 Å². The minimum absolute atomic E-state index is 0.175. The molecule has 0 unspecified atom stereocenters. The minimum atomic E-state index is -4.00. The van der Waals surface area contributed by atoms with Crippen molar-refractivity contribution in [3.8, 4) is 11.5 Å². The van der Waals surface area contributed by atoms with Crippen LogP contribution in [-0.2, 0) is 10.0 Å². The van der Waals surface area contributed by atoms with Crippen molar-refractivity contribution in [2.24, 2.45) is 0 Å². The Morgan fingerprint density at radius 1 is 0.867 bits per heavy atom. The molecule has 0 saturated heterocycles. The lowest BCUT2D eigenvalue weighted by Gasteiger charge is -2.19. The fraction of sp³-hybridized carbons (Fsp3) is 0.0952. The largest absolute Gasteiger partial charge is 0.486 e. The third-order valence-corrected chi connectivity index (χ3v) is 5.66. The first-order valence-corrected chi connectivity index (χ1v) is 10.5. The second-order valence-corrected chi connectivity index (χ2v) is 8.14. The molecule has 0 fully saturated rings. The topological polar surface area (TPSA) is 93.7 Å². The van der Waals surface area contributed by atoms with E-state index in [4.69, 9.17) is 9.47 Å². The summed E-state index contributed by atoms with van der Waals surface area (Å²) in [6, 6.07) is 15.7. The summed E-state index contributed by atoms with van der Waals surface area (Å²) in [6.45, 7) is 0.898. The summed E-state index contributed by atoms with van der Waals surface area (Å²) < 4.78 is 51.6. The molecule has 1 heterocycles. The van der Waals surface area contributed by atoms with E-state index < -0.39 is 21.7 Å². The van der Waals surface area contributed by atoms with Crippen molar-refractivity contribution < 1.29 is 27.1 Å². The second kappa shape index (κ2) is 8.03. The van der Waals surface area contributed by atoms with Gasteiger partial charge in [0.05, 0.1) is 4.90 Å². The van der Waals surface area contributed by atoms with E-state index in [0.717, 1.165) is 12.1 Å². The molecule has 0 bridgehead atoms. The molecular weight excluding hydrogens is 411 g/mol. The maximum atomic E-state index is 13.4. The normalized spacial score (nSPS) is 12.8. The van der Waals surface area contributed by atoms with Gasteiger partial charge in [0.2, 0.25) is 0 Å². The zero-order chi connectivity index (χ0) is 21.1. The van der Waals surface area contributed by atoms with E-state index in [1.165, 1.54) is 24.3 Å². The minimum Gasteiger partial charge on any atom is -0.486 e. The van der Waals surface area contributed by atoms with Crippen LogP contribution in [0.3, 0.4) is 0 Å². The number of nitrogens with one attached hydrogen (secondary N) is 2. The number of benzene rings is 3. The Bertz CT molecular complexity index is 1210. The highest BCUT2D eigenvalue weighted by Gasteiger charge is 2.17. The molecule has 0 atom stereocenters. The summed E-state index contributed by atoms with van der Waals surface area (Å²) in [5, 5.41) is 2.74. The Balaban J connectivity index is 1.51. The third-order valence-electron chi connectivity index (χ3n) is 4.28. The highest BCUT2D eigenvalue weighted by molar-refractivity contribution is 7.92. The van der Waals surface area contributed by atoms with Gasteiger partial charge in [-0.15, -0.1) is 0 Å². The van der Waals surface area contributed by atoms with Gasteiger partial charge in [-0.3, -0.25) is 9.52 Å². The van der Waals surface area contributed by atoms with Gasteiger partial charge in [-0.25, -0.2) is 12.8 Å². The zero-order valence-corrected chi connectivity index (χ0v) is 16.4. The van der Waals surface area contributed by atoms with Gasteiger partial charge in [0, 0.05) is 23.0 Å². The standard InChI is InChI=1S/C21H17FN2O5S/c22-15-4-2-6-18(12-15)30(26,27)24-17-5-1-3-14(11-17)21(25)23-16-7-8-19-20(13-16)29-10-9-28-19/h1-8,11-13,24H,9-10H2,(H,23,25). The first-order valence-electron chi connectivity index (χ1n) is 9.00. The van der Waals surface area contributed by atoms with E-state index in [1.807, 2.05) is 0 Å². The number of rotatable bonds is 5. The van der Waals surface area contributed by atoms with Crippen molar-refractivity contribution in [1.29, 1.82) is 0 Å². The number of amides is 1. The van der Waals surface area contributed by atoms with Crippen LogP contribution in [0.4, 0.5) is 15.8 Å². The molecule has 1 amide bonds. The van der Waals surface area contributed by atoms with Gasteiger partial charge in [-0.05, 0) is 48.5 Å². The zero-order valence-electron chi connectivity index (χ0n) is 15.6. The summed E-state index contributed by atoms with van der Waals surface area (Å²) in [4.78, 5) is 12.4. The van der Waals surface area contributed by atoms with E-state index in [1.54, 1.807) is 30.3 Å². The molecular formula is C21H17FN2O5S. The van der Waals surface area contributed by atoms with Crippen LogP contribution >= 0.6 is 0 Å². The first kappa shape index (κ1) is 19.7. The molecule has 0 aromatic heterocycles. The Kier molecular flexibility index (Phi) is 5.28. The van der Waals surface area contributed by atoms with Gasteiger partial charge in [-0.2, -0.15) is 0 Å². The Labute approximate surface area is 172 Å². The fourth-order valence-corrected chi connectivity index (χ4v) is 3.98.